The number of aryl methyl sites for hydroxylation is 1. The molecule has 0 N–H and O–H groups in total. The third-order valence-corrected chi connectivity index (χ3v) is 2.81. The van der Waals surface area contributed by atoms with Gasteiger partial charge in [0.15, 0.2) is 0 Å². The first kappa shape index (κ1) is 10.4. The maximum Gasteiger partial charge on any atom is 0.00718 e. The molecule has 0 saturated heterocycles. The summed E-state index contributed by atoms with van der Waals surface area (Å²) in [7, 11) is 0. The fourth-order valence-corrected chi connectivity index (χ4v) is 2.10. The molecule has 0 aliphatic carbocycles. The second kappa shape index (κ2) is 5.13. The lowest BCUT2D eigenvalue weighted by molar-refractivity contribution is 1.17. The molecular formula is C14H13Br. The van der Waals surface area contributed by atoms with E-state index in [1.165, 1.54) is 16.7 Å². The predicted octanol–water partition coefficient (Wildman–Crippen LogP) is 4.29. The Morgan fingerprint density at radius 1 is 0.800 bits per heavy atom. The number of rotatable bonds is 3. The van der Waals surface area contributed by atoms with Crippen molar-refractivity contribution in [1.82, 2.24) is 0 Å². The van der Waals surface area contributed by atoms with Crippen molar-refractivity contribution in [2.24, 2.45) is 0 Å². The van der Waals surface area contributed by atoms with Crippen LogP contribution in [0.25, 0.3) is 11.1 Å². The van der Waals surface area contributed by atoms with E-state index in [0.29, 0.717) is 0 Å². The summed E-state index contributed by atoms with van der Waals surface area (Å²) < 4.78 is 0. The van der Waals surface area contributed by atoms with Gasteiger partial charge in [0.2, 0.25) is 0 Å². The molecule has 0 amide bonds. The van der Waals surface area contributed by atoms with Crippen molar-refractivity contribution in [3.63, 3.8) is 0 Å². The van der Waals surface area contributed by atoms with Gasteiger partial charge in [0.05, 0.1) is 0 Å². The van der Waals surface area contributed by atoms with Crippen LogP contribution in [0.15, 0.2) is 54.6 Å². The molecule has 2 aromatic rings. The van der Waals surface area contributed by atoms with E-state index in [1.54, 1.807) is 0 Å². The number of halogens is 1. The molecule has 0 unspecified atom stereocenters. The Labute approximate surface area is 99.1 Å². The second-order valence-corrected chi connectivity index (χ2v) is 4.30. The van der Waals surface area contributed by atoms with Crippen LogP contribution in [0.1, 0.15) is 5.56 Å². The Balaban J connectivity index is 2.33. The lowest BCUT2D eigenvalue weighted by atomic mass is 10.0. The lowest BCUT2D eigenvalue weighted by Crippen LogP contribution is -1.86. The van der Waals surface area contributed by atoms with Gasteiger partial charge in [-0.05, 0) is 23.1 Å². The minimum atomic E-state index is 1.02. The average Bonchev–Trinajstić information content (AvgIpc) is 2.31. The summed E-state index contributed by atoms with van der Waals surface area (Å²) in [6.07, 6.45) is 1.08. The van der Waals surface area contributed by atoms with E-state index >= 15 is 0 Å². The molecule has 1 heteroatoms. The van der Waals surface area contributed by atoms with Gasteiger partial charge in [-0.3, -0.25) is 0 Å². The van der Waals surface area contributed by atoms with E-state index in [2.05, 4.69) is 64.5 Å². The van der Waals surface area contributed by atoms with E-state index in [4.69, 9.17) is 0 Å². The monoisotopic (exact) mass is 260 g/mol. The first-order valence-electron chi connectivity index (χ1n) is 5.10. The summed E-state index contributed by atoms with van der Waals surface area (Å²) in [6, 6.07) is 19.2. The molecule has 0 bridgehead atoms. The quantitative estimate of drug-likeness (QED) is 0.723. The molecule has 0 aliphatic rings. The van der Waals surface area contributed by atoms with Crippen LogP contribution in [0.3, 0.4) is 0 Å². The van der Waals surface area contributed by atoms with Crippen molar-refractivity contribution in [2.45, 2.75) is 6.42 Å². The van der Waals surface area contributed by atoms with E-state index in [0.717, 1.165) is 11.8 Å². The SMILES string of the molecule is BrCCc1cccc(-c2ccccc2)c1. The van der Waals surface area contributed by atoms with Crippen LogP contribution >= 0.6 is 15.9 Å². The third-order valence-electron chi connectivity index (χ3n) is 2.42. The van der Waals surface area contributed by atoms with Crippen LogP contribution in [0.5, 0.6) is 0 Å². The van der Waals surface area contributed by atoms with Crippen molar-refractivity contribution >= 4 is 15.9 Å². The Morgan fingerprint density at radius 3 is 2.27 bits per heavy atom. The minimum Gasteiger partial charge on any atom is -0.0924 e. The van der Waals surface area contributed by atoms with Crippen LogP contribution < -0.4 is 0 Å². The van der Waals surface area contributed by atoms with Gasteiger partial charge >= 0.3 is 0 Å². The normalized spacial score (nSPS) is 10.2. The molecule has 0 spiro atoms. The molecule has 0 radical (unpaired) electrons. The molecule has 2 rings (SSSR count). The molecule has 0 fully saturated rings. The molecular weight excluding hydrogens is 248 g/mol. The summed E-state index contributed by atoms with van der Waals surface area (Å²) in [4.78, 5) is 0. The number of hydrogen-bond acceptors (Lipinski definition) is 0. The lowest BCUT2D eigenvalue weighted by Gasteiger charge is -2.04. The summed E-state index contributed by atoms with van der Waals surface area (Å²) in [5.74, 6) is 0. The fourth-order valence-electron chi connectivity index (χ4n) is 1.65. The minimum absolute atomic E-state index is 1.02. The van der Waals surface area contributed by atoms with Gasteiger partial charge in [-0.2, -0.15) is 0 Å². The maximum atomic E-state index is 3.47. The van der Waals surface area contributed by atoms with Gasteiger partial charge < -0.3 is 0 Å². The van der Waals surface area contributed by atoms with Gasteiger partial charge in [0, 0.05) is 5.33 Å². The Bertz CT molecular complexity index is 420. The van der Waals surface area contributed by atoms with E-state index in [-0.39, 0.29) is 0 Å². The highest BCUT2D eigenvalue weighted by Gasteiger charge is 1.97. The van der Waals surface area contributed by atoms with Crippen LogP contribution in [0.2, 0.25) is 0 Å². The summed E-state index contributed by atoms with van der Waals surface area (Å²) in [6.45, 7) is 0. The molecule has 15 heavy (non-hydrogen) atoms. The second-order valence-electron chi connectivity index (χ2n) is 3.51. The van der Waals surface area contributed by atoms with Crippen molar-refractivity contribution in [3.05, 3.63) is 60.2 Å². The predicted molar refractivity (Wildman–Crippen MR) is 69.4 cm³/mol. The van der Waals surface area contributed by atoms with Gasteiger partial charge in [-0.25, -0.2) is 0 Å². The molecule has 0 aliphatic heterocycles. The zero-order chi connectivity index (χ0) is 10.5. The molecule has 0 saturated carbocycles. The fraction of sp³-hybridized carbons (Fsp3) is 0.143. The summed E-state index contributed by atoms with van der Waals surface area (Å²) in [5, 5.41) is 1.02. The number of hydrogen-bond donors (Lipinski definition) is 0. The van der Waals surface area contributed by atoms with Crippen LogP contribution in [-0.2, 0) is 6.42 Å². The highest BCUT2D eigenvalue weighted by Crippen LogP contribution is 2.20. The van der Waals surface area contributed by atoms with E-state index < -0.39 is 0 Å². The summed E-state index contributed by atoms with van der Waals surface area (Å²) >= 11 is 3.47. The van der Waals surface area contributed by atoms with Crippen LogP contribution in [0, 0.1) is 0 Å². The number of alkyl halides is 1. The Morgan fingerprint density at radius 2 is 1.53 bits per heavy atom. The number of benzene rings is 2. The van der Waals surface area contributed by atoms with Crippen molar-refractivity contribution in [3.8, 4) is 11.1 Å². The molecule has 0 atom stereocenters. The first-order valence-corrected chi connectivity index (χ1v) is 6.22. The van der Waals surface area contributed by atoms with Gasteiger partial charge in [-0.1, -0.05) is 70.5 Å². The Kier molecular flexibility index (Phi) is 3.57. The Hall–Kier alpha value is -1.08. The highest BCUT2D eigenvalue weighted by molar-refractivity contribution is 9.09. The zero-order valence-corrected chi connectivity index (χ0v) is 10.1. The smallest absolute Gasteiger partial charge is 0.00718 e. The van der Waals surface area contributed by atoms with Crippen LogP contribution in [0.4, 0.5) is 0 Å². The van der Waals surface area contributed by atoms with Crippen molar-refractivity contribution in [2.75, 3.05) is 5.33 Å². The molecule has 0 aromatic heterocycles. The van der Waals surface area contributed by atoms with E-state index in [9.17, 15) is 0 Å². The molecule has 0 heterocycles. The maximum absolute atomic E-state index is 3.47. The first-order chi connectivity index (χ1) is 7.40. The van der Waals surface area contributed by atoms with Crippen molar-refractivity contribution in [1.29, 1.82) is 0 Å². The molecule has 2 aromatic carbocycles. The standard InChI is InChI=1S/C14H13Br/c15-10-9-12-5-4-8-14(11-12)13-6-2-1-3-7-13/h1-8,11H,9-10H2. The topological polar surface area (TPSA) is 0 Å². The van der Waals surface area contributed by atoms with Gasteiger partial charge in [0.1, 0.15) is 0 Å². The molecule has 0 nitrogen and oxygen atoms in total. The highest BCUT2D eigenvalue weighted by atomic mass is 79.9. The third kappa shape index (κ3) is 2.69. The molecule has 76 valence electrons. The summed E-state index contributed by atoms with van der Waals surface area (Å²) in [5.41, 5.74) is 3.97. The van der Waals surface area contributed by atoms with Gasteiger partial charge in [-0.15, -0.1) is 0 Å². The van der Waals surface area contributed by atoms with Crippen molar-refractivity contribution < 1.29 is 0 Å². The van der Waals surface area contributed by atoms with Gasteiger partial charge in [0.25, 0.3) is 0 Å². The largest absolute Gasteiger partial charge is 0.0924 e. The zero-order valence-electron chi connectivity index (χ0n) is 8.49. The van der Waals surface area contributed by atoms with Crippen LogP contribution in [-0.4, -0.2) is 5.33 Å². The van der Waals surface area contributed by atoms with E-state index in [1.807, 2.05) is 6.07 Å². The average molecular weight is 261 g/mol.